The Morgan fingerprint density at radius 3 is 2.58 bits per heavy atom. The molecule has 0 atom stereocenters. The van der Waals surface area contributed by atoms with E-state index in [1.807, 2.05) is 0 Å². The predicted octanol–water partition coefficient (Wildman–Crippen LogP) is 0.0559. The van der Waals surface area contributed by atoms with Crippen molar-refractivity contribution in [2.75, 3.05) is 24.4 Å². The van der Waals surface area contributed by atoms with Gasteiger partial charge in [0.05, 0.1) is 11.4 Å². The largest absolute Gasteiger partial charge is 0.330 e. The standard InChI is InChI=1S/C11H21N5O2S/c1-9-11(8-15(2)13-9)14-19(17,18)16-5-3-10(7-12)4-6-16/h8,10,14H,3-7,12H2,1-2H3. The van der Waals surface area contributed by atoms with Crippen LogP contribution in [0.25, 0.3) is 0 Å². The van der Waals surface area contributed by atoms with E-state index in [9.17, 15) is 8.42 Å². The number of piperidine rings is 1. The van der Waals surface area contributed by atoms with Crippen LogP contribution in [0, 0.1) is 12.8 Å². The van der Waals surface area contributed by atoms with Gasteiger partial charge < -0.3 is 5.73 Å². The number of hydrogen-bond donors (Lipinski definition) is 2. The molecule has 2 rings (SSSR count). The van der Waals surface area contributed by atoms with Crippen molar-refractivity contribution in [2.45, 2.75) is 19.8 Å². The van der Waals surface area contributed by atoms with E-state index < -0.39 is 10.2 Å². The molecule has 2 heterocycles. The maximum atomic E-state index is 12.3. The van der Waals surface area contributed by atoms with Gasteiger partial charge in [0, 0.05) is 26.3 Å². The Morgan fingerprint density at radius 1 is 1.47 bits per heavy atom. The number of aromatic nitrogens is 2. The van der Waals surface area contributed by atoms with E-state index in [0.717, 1.165) is 12.8 Å². The van der Waals surface area contributed by atoms with Gasteiger partial charge in [0.15, 0.2) is 0 Å². The molecule has 1 aliphatic rings. The first-order chi connectivity index (χ1) is 8.92. The summed E-state index contributed by atoms with van der Waals surface area (Å²) in [5, 5.41) is 4.12. The number of nitrogens with two attached hydrogens (primary N) is 1. The molecule has 1 saturated heterocycles. The lowest BCUT2D eigenvalue weighted by molar-refractivity contribution is 0.280. The van der Waals surface area contributed by atoms with Gasteiger partial charge in [0.1, 0.15) is 0 Å². The van der Waals surface area contributed by atoms with Crippen LogP contribution in [-0.4, -0.2) is 42.1 Å². The number of anilines is 1. The summed E-state index contributed by atoms with van der Waals surface area (Å²) in [6.45, 7) is 3.45. The van der Waals surface area contributed by atoms with Crippen LogP contribution in [0.5, 0.6) is 0 Å². The molecule has 8 heteroatoms. The van der Waals surface area contributed by atoms with E-state index in [-0.39, 0.29) is 0 Å². The molecule has 1 aromatic heterocycles. The minimum Gasteiger partial charge on any atom is -0.330 e. The Balaban J connectivity index is 2.05. The van der Waals surface area contributed by atoms with E-state index in [1.54, 1.807) is 24.9 Å². The number of aryl methyl sites for hydroxylation is 2. The average molecular weight is 287 g/mol. The van der Waals surface area contributed by atoms with Crippen LogP contribution >= 0.6 is 0 Å². The van der Waals surface area contributed by atoms with Crippen LogP contribution in [0.4, 0.5) is 5.69 Å². The third-order valence-corrected chi connectivity index (χ3v) is 5.02. The highest BCUT2D eigenvalue weighted by Gasteiger charge is 2.28. The molecule has 0 aliphatic carbocycles. The fourth-order valence-electron chi connectivity index (χ4n) is 2.29. The van der Waals surface area contributed by atoms with Gasteiger partial charge in [-0.25, -0.2) is 0 Å². The third-order valence-electron chi connectivity index (χ3n) is 3.50. The average Bonchev–Trinajstić information content (AvgIpc) is 2.67. The molecule has 3 N–H and O–H groups in total. The van der Waals surface area contributed by atoms with Crippen molar-refractivity contribution in [3.63, 3.8) is 0 Å². The first-order valence-electron chi connectivity index (χ1n) is 6.40. The van der Waals surface area contributed by atoms with E-state index in [1.165, 1.54) is 4.31 Å². The van der Waals surface area contributed by atoms with E-state index >= 15 is 0 Å². The highest BCUT2D eigenvalue weighted by molar-refractivity contribution is 7.90. The van der Waals surface area contributed by atoms with Crippen molar-refractivity contribution in [3.8, 4) is 0 Å². The third kappa shape index (κ3) is 3.26. The second kappa shape index (κ2) is 5.48. The fraction of sp³-hybridized carbons (Fsp3) is 0.727. The predicted molar refractivity (Wildman–Crippen MR) is 73.8 cm³/mol. The minimum atomic E-state index is -3.49. The SMILES string of the molecule is Cc1nn(C)cc1NS(=O)(=O)N1CCC(CN)CC1. The van der Waals surface area contributed by atoms with E-state index in [2.05, 4.69) is 9.82 Å². The molecule has 0 spiro atoms. The lowest BCUT2D eigenvalue weighted by Gasteiger charge is -2.30. The van der Waals surface area contributed by atoms with Crippen LogP contribution in [-0.2, 0) is 17.3 Å². The van der Waals surface area contributed by atoms with Crippen LogP contribution in [0.2, 0.25) is 0 Å². The molecule has 0 bridgehead atoms. The second-order valence-electron chi connectivity index (χ2n) is 4.99. The number of hydrogen-bond acceptors (Lipinski definition) is 4. The molecule has 0 amide bonds. The maximum absolute atomic E-state index is 12.3. The van der Waals surface area contributed by atoms with Gasteiger partial charge in [0.25, 0.3) is 0 Å². The van der Waals surface area contributed by atoms with Gasteiger partial charge in [-0.3, -0.25) is 9.40 Å². The Kier molecular flexibility index (Phi) is 4.12. The van der Waals surface area contributed by atoms with Gasteiger partial charge in [-0.05, 0) is 32.2 Å². The molecular weight excluding hydrogens is 266 g/mol. The molecule has 0 radical (unpaired) electrons. The number of rotatable bonds is 4. The highest BCUT2D eigenvalue weighted by atomic mass is 32.2. The first kappa shape index (κ1) is 14.3. The van der Waals surface area contributed by atoms with Crippen molar-refractivity contribution < 1.29 is 8.42 Å². The summed E-state index contributed by atoms with van der Waals surface area (Å²) in [7, 11) is -1.73. The molecule has 1 aromatic rings. The van der Waals surface area contributed by atoms with Gasteiger partial charge in [-0.1, -0.05) is 0 Å². The fourth-order valence-corrected chi connectivity index (χ4v) is 3.59. The molecule has 7 nitrogen and oxygen atoms in total. The first-order valence-corrected chi connectivity index (χ1v) is 7.84. The Bertz CT molecular complexity index is 531. The Hall–Kier alpha value is -1.12. The summed E-state index contributed by atoms with van der Waals surface area (Å²) >= 11 is 0. The van der Waals surface area contributed by atoms with Crippen LogP contribution in [0.15, 0.2) is 6.20 Å². The topological polar surface area (TPSA) is 93.2 Å². The number of nitrogens with zero attached hydrogens (tertiary/aromatic N) is 3. The smallest absolute Gasteiger partial charge is 0.301 e. The van der Waals surface area contributed by atoms with Crippen LogP contribution in [0.1, 0.15) is 18.5 Å². The molecular formula is C11H21N5O2S. The van der Waals surface area contributed by atoms with Gasteiger partial charge in [-0.15, -0.1) is 0 Å². The minimum absolute atomic E-state index is 0.437. The van der Waals surface area contributed by atoms with Crippen molar-refractivity contribution in [1.82, 2.24) is 14.1 Å². The summed E-state index contributed by atoms with van der Waals surface area (Å²) in [5.41, 5.74) is 6.81. The van der Waals surface area contributed by atoms with Crippen molar-refractivity contribution in [1.29, 1.82) is 0 Å². The molecule has 0 aromatic carbocycles. The van der Waals surface area contributed by atoms with Gasteiger partial charge >= 0.3 is 10.2 Å². The van der Waals surface area contributed by atoms with Crippen molar-refractivity contribution in [2.24, 2.45) is 18.7 Å². The van der Waals surface area contributed by atoms with E-state index in [4.69, 9.17) is 5.73 Å². The van der Waals surface area contributed by atoms with Crippen LogP contribution in [0.3, 0.4) is 0 Å². The summed E-state index contributed by atoms with van der Waals surface area (Å²) in [6, 6.07) is 0. The molecule has 1 fully saturated rings. The van der Waals surface area contributed by atoms with Crippen LogP contribution < -0.4 is 10.5 Å². The molecule has 1 aliphatic heterocycles. The lowest BCUT2D eigenvalue weighted by Crippen LogP contribution is -2.42. The van der Waals surface area contributed by atoms with Crippen molar-refractivity contribution >= 4 is 15.9 Å². The van der Waals surface area contributed by atoms with E-state index in [0.29, 0.717) is 36.9 Å². The Labute approximate surface area is 113 Å². The van der Waals surface area contributed by atoms with Gasteiger partial charge in [0.2, 0.25) is 0 Å². The lowest BCUT2D eigenvalue weighted by atomic mass is 9.99. The maximum Gasteiger partial charge on any atom is 0.301 e. The number of nitrogens with one attached hydrogen (secondary N) is 1. The monoisotopic (exact) mass is 287 g/mol. The second-order valence-corrected chi connectivity index (χ2v) is 6.66. The normalized spacial score (nSPS) is 18.7. The summed E-state index contributed by atoms with van der Waals surface area (Å²) in [5.74, 6) is 0.437. The zero-order valence-corrected chi connectivity index (χ0v) is 12.2. The molecule has 108 valence electrons. The molecule has 0 saturated carbocycles. The zero-order valence-electron chi connectivity index (χ0n) is 11.3. The zero-order chi connectivity index (χ0) is 14.0. The summed E-state index contributed by atoms with van der Waals surface area (Å²) in [6.07, 6.45) is 3.31. The Morgan fingerprint density at radius 2 is 2.11 bits per heavy atom. The van der Waals surface area contributed by atoms with Crippen molar-refractivity contribution in [3.05, 3.63) is 11.9 Å². The van der Waals surface area contributed by atoms with Gasteiger partial charge in [-0.2, -0.15) is 17.8 Å². The highest BCUT2D eigenvalue weighted by Crippen LogP contribution is 2.21. The quantitative estimate of drug-likeness (QED) is 0.818. The molecule has 0 unspecified atom stereocenters. The summed E-state index contributed by atoms with van der Waals surface area (Å²) in [4.78, 5) is 0. The molecule has 19 heavy (non-hydrogen) atoms. The summed E-state index contributed by atoms with van der Waals surface area (Å²) < 4.78 is 30.2.